The maximum absolute atomic E-state index is 12.9. The van der Waals surface area contributed by atoms with E-state index in [1.54, 1.807) is 19.2 Å². The Labute approximate surface area is 200 Å². The van der Waals surface area contributed by atoms with Gasteiger partial charge in [0.05, 0.1) is 23.6 Å². The first kappa shape index (κ1) is 25.9. The third kappa shape index (κ3) is 7.12. The molecule has 0 saturated heterocycles. The average molecular weight is 509 g/mol. The summed E-state index contributed by atoms with van der Waals surface area (Å²) in [5.41, 5.74) is -0.314. The SMILES string of the molecule is COc1ccc([C@@H](C)NC(=O)COc2ccc(S(=O)(=O)Nc3cccc(C(F)(F)F)c3)cc2)cc1. The van der Waals surface area contributed by atoms with Crippen LogP contribution in [0.4, 0.5) is 18.9 Å². The summed E-state index contributed by atoms with van der Waals surface area (Å²) >= 11 is 0. The fourth-order valence-electron chi connectivity index (χ4n) is 3.10. The predicted octanol–water partition coefficient (Wildman–Crippen LogP) is 4.77. The minimum atomic E-state index is -4.60. The van der Waals surface area contributed by atoms with E-state index in [0.717, 1.165) is 17.7 Å². The van der Waals surface area contributed by atoms with Crippen molar-refractivity contribution >= 4 is 21.6 Å². The lowest BCUT2D eigenvalue weighted by atomic mass is 10.1. The quantitative estimate of drug-likeness (QED) is 0.434. The molecule has 0 aromatic heterocycles. The van der Waals surface area contributed by atoms with Gasteiger partial charge < -0.3 is 14.8 Å². The minimum absolute atomic E-state index is 0.181. The molecule has 1 atom stereocenters. The summed E-state index contributed by atoms with van der Waals surface area (Å²) in [5.74, 6) is 0.567. The number of hydrogen-bond acceptors (Lipinski definition) is 5. The Balaban J connectivity index is 1.56. The van der Waals surface area contributed by atoms with Gasteiger partial charge in [-0.25, -0.2) is 8.42 Å². The molecule has 35 heavy (non-hydrogen) atoms. The molecular formula is C24H23F3N2O5S. The number of anilines is 1. The number of carbonyl (C=O) groups excluding carboxylic acids is 1. The zero-order valence-electron chi connectivity index (χ0n) is 18.8. The van der Waals surface area contributed by atoms with Crippen LogP contribution < -0.4 is 19.5 Å². The highest BCUT2D eigenvalue weighted by Crippen LogP contribution is 2.31. The molecule has 3 aromatic rings. The van der Waals surface area contributed by atoms with Crippen molar-refractivity contribution in [1.82, 2.24) is 5.32 Å². The molecule has 0 bridgehead atoms. The topological polar surface area (TPSA) is 93.7 Å². The van der Waals surface area contributed by atoms with Crippen molar-refractivity contribution in [2.45, 2.75) is 24.0 Å². The number of nitrogens with one attached hydrogen (secondary N) is 2. The molecule has 3 rings (SSSR count). The van der Waals surface area contributed by atoms with Gasteiger partial charge in [-0.05, 0) is 67.1 Å². The first-order valence-corrected chi connectivity index (χ1v) is 11.8. The highest BCUT2D eigenvalue weighted by molar-refractivity contribution is 7.92. The lowest BCUT2D eigenvalue weighted by molar-refractivity contribution is -0.137. The molecule has 11 heteroatoms. The fourth-order valence-corrected chi connectivity index (χ4v) is 4.15. The first-order valence-electron chi connectivity index (χ1n) is 10.3. The molecule has 0 spiro atoms. The number of rotatable bonds is 9. The summed E-state index contributed by atoms with van der Waals surface area (Å²) in [4.78, 5) is 12.0. The van der Waals surface area contributed by atoms with Crippen molar-refractivity contribution in [3.63, 3.8) is 0 Å². The number of ether oxygens (including phenoxy) is 2. The largest absolute Gasteiger partial charge is 0.497 e. The molecule has 2 N–H and O–H groups in total. The van der Waals surface area contributed by atoms with Crippen molar-refractivity contribution in [3.8, 4) is 11.5 Å². The standard InChI is InChI=1S/C24H23F3N2O5S/c1-16(17-6-8-20(33-2)9-7-17)28-23(30)15-34-21-10-12-22(13-11-21)35(31,32)29-19-5-3-4-18(14-19)24(25,26)27/h3-14,16,29H,15H2,1-2H3,(H,28,30)/t16-/m1/s1. The van der Waals surface area contributed by atoms with Crippen molar-refractivity contribution in [1.29, 1.82) is 0 Å². The summed E-state index contributed by atoms with van der Waals surface area (Å²) < 4.78 is 76.3. The molecule has 1 amide bonds. The van der Waals surface area contributed by atoms with Crippen LogP contribution in [0.25, 0.3) is 0 Å². The van der Waals surface area contributed by atoms with Crippen LogP contribution in [0.1, 0.15) is 24.1 Å². The highest BCUT2D eigenvalue weighted by Gasteiger charge is 2.30. The number of hydrogen-bond donors (Lipinski definition) is 2. The molecule has 0 fully saturated rings. The van der Waals surface area contributed by atoms with Gasteiger partial charge in [0.1, 0.15) is 11.5 Å². The van der Waals surface area contributed by atoms with E-state index in [2.05, 4.69) is 10.0 Å². The molecule has 0 saturated carbocycles. The highest BCUT2D eigenvalue weighted by atomic mass is 32.2. The van der Waals surface area contributed by atoms with Crippen molar-refractivity contribution in [2.24, 2.45) is 0 Å². The number of benzene rings is 3. The van der Waals surface area contributed by atoms with Gasteiger partial charge in [0, 0.05) is 5.69 Å². The van der Waals surface area contributed by atoms with Crippen LogP contribution in [0.5, 0.6) is 11.5 Å². The molecule has 0 heterocycles. The Morgan fingerprint density at radius 1 is 0.971 bits per heavy atom. The van der Waals surface area contributed by atoms with E-state index in [-0.39, 0.29) is 34.9 Å². The summed E-state index contributed by atoms with van der Waals surface area (Å²) in [6.07, 6.45) is -4.60. The van der Waals surface area contributed by atoms with Gasteiger partial charge in [0.2, 0.25) is 0 Å². The van der Waals surface area contributed by atoms with Gasteiger partial charge in [-0.2, -0.15) is 13.2 Å². The van der Waals surface area contributed by atoms with Crippen LogP contribution in [0.2, 0.25) is 0 Å². The Hall–Kier alpha value is -3.73. The predicted molar refractivity (Wildman–Crippen MR) is 124 cm³/mol. The summed E-state index contributed by atoms with van der Waals surface area (Å²) in [7, 11) is -2.57. The Morgan fingerprint density at radius 3 is 2.20 bits per heavy atom. The Morgan fingerprint density at radius 2 is 1.60 bits per heavy atom. The van der Waals surface area contributed by atoms with Crippen molar-refractivity contribution in [3.05, 3.63) is 83.9 Å². The molecule has 0 aliphatic heterocycles. The summed E-state index contributed by atoms with van der Waals surface area (Å²) in [5, 5.41) is 2.79. The molecule has 0 unspecified atom stereocenters. The molecule has 0 aliphatic carbocycles. The van der Waals surface area contributed by atoms with Gasteiger partial charge in [-0.1, -0.05) is 18.2 Å². The summed E-state index contributed by atoms with van der Waals surface area (Å²) in [6, 6.07) is 16.0. The maximum Gasteiger partial charge on any atom is 0.416 e. The molecular weight excluding hydrogens is 485 g/mol. The number of halogens is 3. The van der Waals surface area contributed by atoms with Crippen LogP contribution in [-0.4, -0.2) is 28.0 Å². The molecule has 186 valence electrons. The summed E-state index contributed by atoms with van der Waals surface area (Å²) in [6.45, 7) is 1.52. The van der Waals surface area contributed by atoms with Gasteiger partial charge in [0.15, 0.2) is 6.61 Å². The lowest BCUT2D eigenvalue weighted by Gasteiger charge is -2.15. The number of alkyl halides is 3. The lowest BCUT2D eigenvalue weighted by Crippen LogP contribution is -2.31. The normalized spacial score (nSPS) is 12.5. The van der Waals surface area contributed by atoms with Crippen LogP contribution in [0, 0.1) is 0 Å². The molecule has 0 radical (unpaired) electrons. The van der Waals surface area contributed by atoms with Crippen LogP contribution in [0.15, 0.2) is 77.7 Å². The van der Waals surface area contributed by atoms with Crippen molar-refractivity contribution in [2.75, 3.05) is 18.4 Å². The van der Waals surface area contributed by atoms with Gasteiger partial charge in [-0.3, -0.25) is 9.52 Å². The first-order chi connectivity index (χ1) is 16.5. The smallest absolute Gasteiger partial charge is 0.416 e. The second kappa shape index (κ2) is 10.7. The number of sulfonamides is 1. The van der Waals surface area contributed by atoms with E-state index >= 15 is 0 Å². The number of methoxy groups -OCH3 is 1. The van der Waals surface area contributed by atoms with Gasteiger partial charge in [-0.15, -0.1) is 0 Å². The average Bonchev–Trinajstić information content (AvgIpc) is 2.82. The zero-order chi connectivity index (χ0) is 25.6. The zero-order valence-corrected chi connectivity index (χ0v) is 19.6. The van der Waals surface area contributed by atoms with Crippen LogP contribution in [-0.2, 0) is 21.0 Å². The second-order valence-electron chi connectivity index (χ2n) is 7.51. The molecule has 0 aliphatic rings. The van der Waals surface area contributed by atoms with E-state index in [1.165, 1.54) is 30.3 Å². The van der Waals surface area contributed by atoms with Gasteiger partial charge >= 0.3 is 6.18 Å². The van der Waals surface area contributed by atoms with Gasteiger partial charge in [0.25, 0.3) is 15.9 Å². The maximum atomic E-state index is 12.9. The van der Waals surface area contributed by atoms with E-state index in [1.807, 2.05) is 19.1 Å². The number of carbonyl (C=O) groups is 1. The minimum Gasteiger partial charge on any atom is -0.497 e. The molecule has 7 nitrogen and oxygen atoms in total. The fraction of sp³-hybridized carbons (Fsp3) is 0.208. The van der Waals surface area contributed by atoms with E-state index in [4.69, 9.17) is 9.47 Å². The van der Waals surface area contributed by atoms with E-state index in [0.29, 0.717) is 11.8 Å². The Bertz CT molecular complexity index is 1260. The second-order valence-corrected chi connectivity index (χ2v) is 9.19. The third-order valence-electron chi connectivity index (χ3n) is 4.94. The molecule has 3 aromatic carbocycles. The number of amides is 1. The monoisotopic (exact) mass is 508 g/mol. The van der Waals surface area contributed by atoms with E-state index in [9.17, 15) is 26.4 Å². The van der Waals surface area contributed by atoms with Crippen LogP contribution in [0.3, 0.4) is 0 Å². The van der Waals surface area contributed by atoms with E-state index < -0.39 is 21.8 Å². The third-order valence-corrected chi connectivity index (χ3v) is 6.34. The van der Waals surface area contributed by atoms with Crippen molar-refractivity contribution < 1.29 is 35.9 Å². The Kier molecular flexibility index (Phi) is 7.90. The van der Waals surface area contributed by atoms with Crippen LogP contribution >= 0.6 is 0 Å².